The van der Waals surface area contributed by atoms with E-state index in [0.29, 0.717) is 30.4 Å². The first kappa shape index (κ1) is 12.2. The van der Waals surface area contributed by atoms with E-state index >= 15 is 0 Å². The molecule has 96 valence electrons. The number of benzene rings is 1. The molecule has 0 unspecified atom stereocenters. The maximum absolute atomic E-state index is 11.4. The van der Waals surface area contributed by atoms with Gasteiger partial charge in [0.25, 0.3) is 0 Å². The number of rotatable bonds is 1. The number of likely N-dealkylation sites (N-methyl/N-ethyl adjacent to an activating group) is 1. The summed E-state index contributed by atoms with van der Waals surface area (Å²) in [4.78, 5) is 23.2. The van der Waals surface area contributed by atoms with E-state index in [0.717, 1.165) is 10.5 Å². The highest BCUT2D eigenvalue weighted by Crippen LogP contribution is 2.36. The van der Waals surface area contributed by atoms with Crippen LogP contribution in [0.15, 0.2) is 12.1 Å². The van der Waals surface area contributed by atoms with E-state index in [4.69, 9.17) is 14.6 Å². The van der Waals surface area contributed by atoms with Crippen molar-refractivity contribution >= 4 is 17.6 Å². The second-order valence-corrected chi connectivity index (χ2v) is 3.95. The smallest absolute Gasteiger partial charge is 0.394 e. The van der Waals surface area contributed by atoms with Crippen LogP contribution in [0.1, 0.15) is 5.56 Å². The van der Waals surface area contributed by atoms with E-state index in [1.807, 2.05) is 0 Å². The van der Waals surface area contributed by atoms with Crippen LogP contribution in [0.4, 0.5) is 5.69 Å². The third kappa shape index (κ3) is 2.09. The summed E-state index contributed by atoms with van der Waals surface area (Å²) in [6.45, 7) is 2.70. The molecule has 1 heterocycles. The Labute approximate surface area is 104 Å². The van der Waals surface area contributed by atoms with Gasteiger partial charge in [0.05, 0.1) is 5.69 Å². The molecular weight excluding hydrogens is 238 g/mol. The van der Waals surface area contributed by atoms with Gasteiger partial charge in [-0.2, -0.15) is 0 Å². The average Bonchev–Trinajstić information content (AvgIpc) is 2.36. The van der Waals surface area contributed by atoms with Crippen LogP contribution in [-0.2, 0) is 9.59 Å². The van der Waals surface area contributed by atoms with Crippen molar-refractivity contribution < 1.29 is 24.2 Å². The van der Waals surface area contributed by atoms with Gasteiger partial charge in [-0.15, -0.1) is 0 Å². The summed E-state index contributed by atoms with van der Waals surface area (Å²) in [6.07, 6.45) is 0. The predicted octanol–water partition coefficient (Wildman–Crippen LogP) is 0.814. The number of nitrogens with zero attached hydrogens (tertiary/aromatic N) is 1. The molecule has 6 nitrogen and oxygen atoms in total. The summed E-state index contributed by atoms with van der Waals surface area (Å²) >= 11 is 0. The summed E-state index contributed by atoms with van der Waals surface area (Å²) in [7, 11) is 1.41. The van der Waals surface area contributed by atoms with Crippen LogP contribution >= 0.6 is 0 Å². The van der Waals surface area contributed by atoms with Gasteiger partial charge in [-0.05, 0) is 18.6 Å². The minimum absolute atomic E-state index is 0.437. The van der Waals surface area contributed by atoms with E-state index in [2.05, 4.69) is 0 Å². The van der Waals surface area contributed by atoms with Gasteiger partial charge in [0, 0.05) is 13.1 Å². The van der Waals surface area contributed by atoms with Gasteiger partial charge in [0.15, 0.2) is 11.5 Å². The van der Waals surface area contributed by atoms with E-state index in [1.54, 1.807) is 19.1 Å². The molecule has 6 heteroatoms. The lowest BCUT2D eigenvalue weighted by Gasteiger charge is -2.23. The Hall–Kier alpha value is -2.24. The van der Waals surface area contributed by atoms with Crippen LogP contribution in [0, 0.1) is 6.92 Å². The van der Waals surface area contributed by atoms with Crippen LogP contribution in [0.25, 0.3) is 0 Å². The van der Waals surface area contributed by atoms with Crippen LogP contribution in [0.5, 0.6) is 11.5 Å². The first-order valence-corrected chi connectivity index (χ1v) is 5.42. The molecule has 0 atom stereocenters. The predicted molar refractivity (Wildman–Crippen MR) is 63.2 cm³/mol. The second kappa shape index (κ2) is 4.56. The number of aryl methyl sites for hydroxylation is 1. The molecule has 1 N–H and O–H groups in total. The number of ether oxygens (including phenoxy) is 2. The summed E-state index contributed by atoms with van der Waals surface area (Å²) < 4.78 is 10.8. The first-order chi connectivity index (χ1) is 8.50. The van der Waals surface area contributed by atoms with Crippen molar-refractivity contribution in [1.82, 2.24) is 0 Å². The molecule has 1 aliphatic rings. The first-order valence-electron chi connectivity index (χ1n) is 5.42. The van der Waals surface area contributed by atoms with Gasteiger partial charge in [0.1, 0.15) is 13.2 Å². The number of anilines is 1. The molecule has 1 aromatic rings. The molecule has 0 radical (unpaired) electrons. The fraction of sp³-hybridized carbons (Fsp3) is 0.333. The second-order valence-electron chi connectivity index (χ2n) is 3.95. The van der Waals surface area contributed by atoms with E-state index < -0.39 is 11.9 Å². The van der Waals surface area contributed by atoms with E-state index in [-0.39, 0.29) is 0 Å². The van der Waals surface area contributed by atoms with Crippen LogP contribution in [0.3, 0.4) is 0 Å². The Morgan fingerprint density at radius 2 is 1.78 bits per heavy atom. The zero-order chi connectivity index (χ0) is 13.3. The third-order valence-electron chi connectivity index (χ3n) is 2.71. The number of hydrogen-bond donors (Lipinski definition) is 1. The highest BCUT2D eigenvalue weighted by Gasteiger charge is 2.22. The number of carbonyl (C=O) groups excluding carboxylic acids is 1. The van der Waals surface area contributed by atoms with Crippen LogP contribution in [0.2, 0.25) is 0 Å². The van der Waals surface area contributed by atoms with Crippen LogP contribution < -0.4 is 14.4 Å². The average molecular weight is 251 g/mol. The molecule has 0 bridgehead atoms. The van der Waals surface area contributed by atoms with Gasteiger partial charge < -0.3 is 19.5 Å². The fourth-order valence-corrected chi connectivity index (χ4v) is 1.79. The third-order valence-corrected chi connectivity index (χ3v) is 2.71. The zero-order valence-corrected chi connectivity index (χ0v) is 10.1. The Morgan fingerprint density at radius 3 is 2.33 bits per heavy atom. The number of carboxylic acid groups (broad SMARTS) is 1. The van der Waals surface area contributed by atoms with Gasteiger partial charge in [-0.3, -0.25) is 4.79 Å². The lowest BCUT2D eigenvalue weighted by atomic mass is 10.1. The Balaban J connectivity index is 2.39. The van der Waals surface area contributed by atoms with Gasteiger partial charge in [-0.1, -0.05) is 0 Å². The minimum atomic E-state index is -1.49. The molecule has 1 aromatic carbocycles. The summed E-state index contributed by atoms with van der Waals surface area (Å²) in [5, 5.41) is 8.70. The summed E-state index contributed by atoms with van der Waals surface area (Å²) in [5.74, 6) is -1.35. The van der Waals surface area contributed by atoms with E-state index in [9.17, 15) is 9.59 Å². The molecule has 0 saturated heterocycles. The fourth-order valence-electron chi connectivity index (χ4n) is 1.79. The number of hydrogen-bond acceptors (Lipinski definition) is 4. The molecule has 0 aromatic heterocycles. The van der Waals surface area contributed by atoms with Gasteiger partial charge in [0.2, 0.25) is 0 Å². The molecule has 0 saturated carbocycles. The number of fused-ring (bicyclic) bond motifs is 1. The zero-order valence-electron chi connectivity index (χ0n) is 10.1. The van der Waals surface area contributed by atoms with Crippen molar-refractivity contribution in [2.45, 2.75) is 6.92 Å². The molecule has 0 fully saturated rings. The summed E-state index contributed by atoms with van der Waals surface area (Å²) in [5.41, 5.74) is 1.24. The molecular formula is C12H13NO5. The highest BCUT2D eigenvalue weighted by atomic mass is 16.6. The molecule has 1 aliphatic heterocycles. The van der Waals surface area contributed by atoms with Gasteiger partial charge >= 0.3 is 11.9 Å². The molecule has 18 heavy (non-hydrogen) atoms. The molecule has 0 spiro atoms. The van der Waals surface area contributed by atoms with Crippen molar-refractivity contribution in [3.8, 4) is 11.5 Å². The number of aliphatic carboxylic acids is 1. The standard InChI is InChI=1S/C12H13NO5/c1-7-5-9-10(18-4-3-17-9)6-8(7)13(2)11(14)12(15)16/h5-6H,3-4H2,1-2H3,(H,15,16). The number of amides is 1. The lowest BCUT2D eigenvalue weighted by Crippen LogP contribution is -2.33. The molecule has 2 rings (SSSR count). The van der Waals surface area contributed by atoms with E-state index in [1.165, 1.54) is 7.05 Å². The Bertz CT molecular complexity index is 511. The highest BCUT2D eigenvalue weighted by molar-refractivity contribution is 6.37. The van der Waals surface area contributed by atoms with Crippen molar-refractivity contribution in [3.05, 3.63) is 17.7 Å². The van der Waals surface area contributed by atoms with Crippen molar-refractivity contribution in [2.75, 3.05) is 25.2 Å². The normalized spacial score (nSPS) is 13.0. The topological polar surface area (TPSA) is 76.1 Å². The maximum atomic E-state index is 11.4. The Kier molecular flexibility index (Phi) is 3.10. The van der Waals surface area contributed by atoms with Gasteiger partial charge in [-0.25, -0.2) is 4.79 Å². The molecule has 1 amide bonds. The lowest BCUT2D eigenvalue weighted by molar-refractivity contribution is -0.148. The monoisotopic (exact) mass is 251 g/mol. The molecule has 0 aliphatic carbocycles. The largest absolute Gasteiger partial charge is 0.486 e. The van der Waals surface area contributed by atoms with Crippen molar-refractivity contribution in [1.29, 1.82) is 0 Å². The van der Waals surface area contributed by atoms with Crippen molar-refractivity contribution in [3.63, 3.8) is 0 Å². The number of carboxylic acids is 1. The number of carbonyl (C=O) groups is 2. The minimum Gasteiger partial charge on any atom is -0.486 e. The summed E-state index contributed by atoms with van der Waals surface area (Å²) in [6, 6.07) is 3.35. The SMILES string of the molecule is Cc1cc2c(cc1N(C)C(=O)C(=O)O)OCCO2. The van der Waals surface area contributed by atoms with Crippen LogP contribution in [-0.4, -0.2) is 37.2 Å². The maximum Gasteiger partial charge on any atom is 0.394 e. The quantitative estimate of drug-likeness (QED) is 0.747. The van der Waals surface area contributed by atoms with Crippen molar-refractivity contribution in [2.24, 2.45) is 0 Å². The Morgan fingerprint density at radius 1 is 1.22 bits per heavy atom.